The van der Waals surface area contributed by atoms with Gasteiger partial charge in [0.1, 0.15) is 17.9 Å². The van der Waals surface area contributed by atoms with Crippen molar-refractivity contribution in [1.29, 1.82) is 0 Å². The molecule has 0 saturated carbocycles. The predicted molar refractivity (Wildman–Crippen MR) is 130 cm³/mol. The molecule has 0 aliphatic carbocycles. The highest BCUT2D eigenvalue weighted by atomic mass is 16.5. The van der Waals surface area contributed by atoms with Gasteiger partial charge in [0.25, 0.3) is 5.91 Å². The van der Waals surface area contributed by atoms with Crippen LogP contribution in [0.25, 0.3) is 0 Å². The van der Waals surface area contributed by atoms with Gasteiger partial charge in [0.05, 0.1) is 0 Å². The van der Waals surface area contributed by atoms with Crippen molar-refractivity contribution in [1.82, 2.24) is 15.1 Å². The monoisotopic (exact) mass is 474 g/mol. The Balaban J connectivity index is 1.07. The highest BCUT2D eigenvalue weighted by Gasteiger charge is 2.39. The molecule has 8 nitrogen and oxygen atoms in total. The van der Waals surface area contributed by atoms with E-state index in [-0.39, 0.29) is 30.2 Å². The second kappa shape index (κ2) is 9.00. The Kier molecular flexibility index (Phi) is 5.68. The van der Waals surface area contributed by atoms with Crippen LogP contribution < -0.4 is 15.4 Å². The first-order valence-corrected chi connectivity index (χ1v) is 12.6. The number of amides is 3. The van der Waals surface area contributed by atoms with Gasteiger partial charge < -0.3 is 15.0 Å². The molecule has 4 aliphatic rings. The lowest BCUT2D eigenvalue weighted by Gasteiger charge is -2.29. The fraction of sp³-hybridized carbons (Fsp3) is 0.444. The molecule has 2 atom stereocenters. The van der Waals surface area contributed by atoms with E-state index in [0.717, 1.165) is 50.3 Å². The largest absolute Gasteiger partial charge is 0.489 e. The maximum atomic E-state index is 12.9. The van der Waals surface area contributed by atoms with Crippen LogP contribution >= 0.6 is 0 Å². The summed E-state index contributed by atoms with van der Waals surface area (Å²) in [6.45, 7) is 4.21. The maximum Gasteiger partial charge on any atom is 0.255 e. The molecule has 0 bridgehead atoms. The number of nitrogens with zero attached hydrogens (tertiary/aromatic N) is 2. The van der Waals surface area contributed by atoms with Crippen LogP contribution in [0.15, 0.2) is 36.4 Å². The average molecular weight is 475 g/mol. The van der Waals surface area contributed by atoms with Gasteiger partial charge in [-0.3, -0.25) is 24.6 Å². The average Bonchev–Trinajstić information content (AvgIpc) is 3.42. The summed E-state index contributed by atoms with van der Waals surface area (Å²) in [5, 5.41) is 5.82. The van der Waals surface area contributed by atoms with Crippen LogP contribution in [0.4, 0.5) is 5.69 Å². The first-order chi connectivity index (χ1) is 17.0. The Bertz CT molecular complexity index is 1200. The van der Waals surface area contributed by atoms with Crippen LogP contribution in [-0.4, -0.2) is 59.3 Å². The van der Waals surface area contributed by atoms with Gasteiger partial charge in [-0.05, 0) is 66.6 Å². The first-order valence-electron chi connectivity index (χ1n) is 12.6. The van der Waals surface area contributed by atoms with Gasteiger partial charge >= 0.3 is 0 Å². The number of aryl methyl sites for hydroxylation is 1. The fourth-order valence-corrected chi connectivity index (χ4v) is 5.74. The molecule has 0 radical (unpaired) electrons. The topological polar surface area (TPSA) is 91.0 Å². The van der Waals surface area contributed by atoms with Gasteiger partial charge in [0.2, 0.25) is 11.8 Å². The van der Waals surface area contributed by atoms with Crippen LogP contribution in [0.5, 0.6) is 5.75 Å². The Labute approximate surface area is 204 Å². The smallest absolute Gasteiger partial charge is 0.255 e. The van der Waals surface area contributed by atoms with Crippen molar-refractivity contribution in [3.05, 3.63) is 58.7 Å². The van der Waals surface area contributed by atoms with Crippen molar-refractivity contribution in [3.8, 4) is 5.75 Å². The minimum Gasteiger partial charge on any atom is -0.489 e. The number of hydrogen-bond donors (Lipinski definition) is 2. The summed E-state index contributed by atoms with van der Waals surface area (Å²) < 4.78 is 6.30. The SMILES string of the molecule is O=C1CCC(N2Cc3cc(OC4CCN(Cc5ccc6c(c5)CCCN6)C4)ccc3C2=O)C(=O)N1. The number of fused-ring (bicyclic) bond motifs is 2. The number of anilines is 1. The Morgan fingerprint density at radius 1 is 1.00 bits per heavy atom. The lowest BCUT2D eigenvalue weighted by molar-refractivity contribution is -0.136. The molecule has 6 rings (SSSR count). The zero-order valence-corrected chi connectivity index (χ0v) is 19.7. The first kappa shape index (κ1) is 22.1. The lowest BCUT2D eigenvalue weighted by Crippen LogP contribution is -2.52. The highest BCUT2D eigenvalue weighted by molar-refractivity contribution is 6.05. The van der Waals surface area contributed by atoms with Gasteiger partial charge in [0.15, 0.2) is 0 Å². The van der Waals surface area contributed by atoms with E-state index in [1.165, 1.54) is 23.2 Å². The van der Waals surface area contributed by atoms with Gasteiger partial charge in [0, 0.05) is 50.4 Å². The van der Waals surface area contributed by atoms with Gasteiger partial charge in [-0.1, -0.05) is 12.1 Å². The number of likely N-dealkylation sites (tertiary alicyclic amines) is 1. The van der Waals surface area contributed by atoms with E-state index in [1.54, 1.807) is 11.0 Å². The third-order valence-electron chi connectivity index (χ3n) is 7.54. The third-order valence-corrected chi connectivity index (χ3v) is 7.54. The number of benzene rings is 2. The van der Waals surface area contributed by atoms with Crippen molar-refractivity contribution in [2.24, 2.45) is 0 Å². The summed E-state index contributed by atoms with van der Waals surface area (Å²) in [5.74, 6) is -0.0674. The second-order valence-electron chi connectivity index (χ2n) is 10.0. The van der Waals surface area contributed by atoms with Gasteiger partial charge in [-0.15, -0.1) is 0 Å². The zero-order valence-electron chi connectivity index (χ0n) is 19.7. The molecule has 35 heavy (non-hydrogen) atoms. The van der Waals surface area contributed by atoms with E-state index in [0.29, 0.717) is 18.5 Å². The number of ether oxygens (including phenoxy) is 1. The molecule has 2 aromatic rings. The molecule has 0 spiro atoms. The molecule has 3 amide bonds. The summed E-state index contributed by atoms with van der Waals surface area (Å²) in [5.41, 5.74) is 5.51. The molecule has 2 aromatic carbocycles. The Morgan fingerprint density at radius 3 is 2.80 bits per heavy atom. The van der Waals surface area contributed by atoms with E-state index in [9.17, 15) is 14.4 Å². The van der Waals surface area contributed by atoms with Crippen molar-refractivity contribution in [2.75, 3.05) is 25.0 Å². The van der Waals surface area contributed by atoms with E-state index in [1.807, 2.05) is 12.1 Å². The molecule has 8 heteroatoms. The molecule has 2 saturated heterocycles. The second-order valence-corrected chi connectivity index (χ2v) is 10.0. The number of carbonyl (C=O) groups excluding carboxylic acids is 3. The summed E-state index contributed by atoms with van der Waals surface area (Å²) in [6, 6.07) is 11.7. The molecule has 2 unspecified atom stereocenters. The Morgan fingerprint density at radius 2 is 1.91 bits per heavy atom. The Hall–Kier alpha value is -3.39. The summed E-state index contributed by atoms with van der Waals surface area (Å²) in [6.07, 6.45) is 4.02. The third kappa shape index (κ3) is 4.38. The number of nitrogens with one attached hydrogen (secondary N) is 2. The number of imide groups is 1. The van der Waals surface area contributed by atoms with Crippen molar-refractivity contribution in [2.45, 2.75) is 57.3 Å². The quantitative estimate of drug-likeness (QED) is 0.647. The highest BCUT2D eigenvalue weighted by Crippen LogP contribution is 2.31. The van der Waals surface area contributed by atoms with Crippen molar-refractivity contribution in [3.63, 3.8) is 0 Å². The maximum absolute atomic E-state index is 12.9. The molecule has 182 valence electrons. The van der Waals surface area contributed by atoms with E-state index in [4.69, 9.17) is 4.74 Å². The predicted octanol–water partition coefficient (Wildman–Crippen LogP) is 2.46. The van der Waals surface area contributed by atoms with Crippen LogP contribution in [-0.2, 0) is 29.1 Å². The number of rotatable bonds is 5. The van der Waals surface area contributed by atoms with E-state index in [2.05, 4.69) is 33.7 Å². The normalized spacial score (nSPS) is 24.1. The minimum atomic E-state index is -0.597. The standard InChI is InChI=1S/C27H30N4O4/c32-25-8-7-24(26(33)29-25)31-15-19-13-20(4-5-22(19)27(31)34)35-21-9-11-30(16-21)14-17-3-6-23-18(12-17)2-1-10-28-23/h3-6,12-13,21,24,28H,1-2,7-11,14-16H2,(H,29,32,33). The summed E-state index contributed by atoms with van der Waals surface area (Å²) >= 11 is 0. The summed E-state index contributed by atoms with van der Waals surface area (Å²) in [4.78, 5) is 40.6. The van der Waals surface area contributed by atoms with Crippen LogP contribution in [0.2, 0.25) is 0 Å². The summed E-state index contributed by atoms with van der Waals surface area (Å²) in [7, 11) is 0. The van der Waals surface area contributed by atoms with Crippen LogP contribution in [0.1, 0.15) is 52.7 Å². The molecule has 4 aliphatic heterocycles. The fourth-order valence-electron chi connectivity index (χ4n) is 5.74. The molecular formula is C27H30N4O4. The van der Waals surface area contributed by atoms with Crippen LogP contribution in [0, 0.1) is 0 Å². The van der Waals surface area contributed by atoms with Crippen LogP contribution in [0.3, 0.4) is 0 Å². The zero-order chi connectivity index (χ0) is 23.9. The molecule has 4 heterocycles. The van der Waals surface area contributed by atoms with E-state index < -0.39 is 6.04 Å². The molecule has 0 aromatic heterocycles. The molecule has 2 fully saturated rings. The lowest BCUT2D eigenvalue weighted by atomic mass is 10.0. The van der Waals surface area contributed by atoms with Crippen molar-refractivity contribution >= 4 is 23.4 Å². The number of carbonyl (C=O) groups is 3. The molecule has 2 N–H and O–H groups in total. The van der Waals surface area contributed by atoms with Crippen molar-refractivity contribution < 1.29 is 19.1 Å². The van der Waals surface area contributed by atoms with Gasteiger partial charge in [-0.2, -0.15) is 0 Å². The number of piperidine rings is 1. The number of hydrogen-bond acceptors (Lipinski definition) is 6. The minimum absolute atomic E-state index is 0.107. The van der Waals surface area contributed by atoms with Gasteiger partial charge in [-0.25, -0.2) is 0 Å². The van der Waals surface area contributed by atoms with E-state index >= 15 is 0 Å². The molecular weight excluding hydrogens is 444 g/mol.